The number of halogens is 2. The van der Waals surface area contributed by atoms with Crippen LogP contribution in [-0.4, -0.2) is 18.1 Å². The maximum Gasteiger partial charge on any atom is 0.0931 e. The van der Waals surface area contributed by atoms with E-state index in [1.165, 1.54) is 43.1 Å². The Morgan fingerprint density at radius 2 is 1.89 bits per heavy atom. The molecule has 0 spiro atoms. The van der Waals surface area contributed by atoms with Gasteiger partial charge in [0.1, 0.15) is 0 Å². The van der Waals surface area contributed by atoms with Crippen molar-refractivity contribution in [1.29, 1.82) is 0 Å². The van der Waals surface area contributed by atoms with E-state index in [0.717, 1.165) is 5.92 Å². The molecule has 1 N–H and O–H groups in total. The zero-order valence-electron chi connectivity index (χ0n) is 11.4. The highest BCUT2D eigenvalue weighted by Crippen LogP contribution is 2.26. The van der Waals surface area contributed by atoms with Gasteiger partial charge in [-0.1, -0.05) is 20.8 Å². The molecule has 106 valence electrons. The van der Waals surface area contributed by atoms with Crippen molar-refractivity contribution in [3.63, 3.8) is 0 Å². The average molecular weight is 311 g/mol. The van der Waals surface area contributed by atoms with Gasteiger partial charge in [0.2, 0.25) is 0 Å². The summed E-state index contributed by atoms with van der Waals surface area (Å²) >= 11 is 1.84. The second kappa shape index (κ2) is 7.68. The summed E-state index contributed by atoms with van der Waals surface area (Å²) in [6.45, 7) is 9.06. The molecule has 1 saturated heterocycles. The van der Waals surface area contributed by atoms with Gasteiger partial charge in [0, 0.05) is 17.2 Å². The number of aromatic nitrogens is 1. The first-order valence-corrected chi connectivity index (χ1v) is 7.09. The van der Waals surface area contributed by atoms with Crippen LogP contribution >= 0.6 is 36.2 Å². The second-order valence-electron chi connectivity index (χ2n) is 5.77. The molecule has 1 aromatic rings. The molecule has 18 heavy (non-hydrogen) atoms. The standard InChI is InChI=1S/C13H22N2S.2ClH/c1-13(2,3)11-9-16-12(15-11)8-10-4-6-14-7-5-10;;/h9-10,14H,4-8H2,1-3H3;2*1H. The van der Waals surface area contributed by atoms with Crippen molar-refractivity contribution in [2.24, 2.45) is 5.92 Å². The summed E-state index contributed by atoms with van der Waals surface area (Å²) < 4.78 is 0. The summed E-state index contributed by atoms with van der Waals surface area (Å²) in [4.78, 5) is 4.77. The van der Waals surface area contributed by atoms with Crippen molar-refractivity contribution in [1.82, 2.24) is 10.3 Å². The minimum absolute atomic E-state index is 0. The maximum absolute atomic E-state index is 4.77. The Labute approximate surface area is 127 Å². The van der Waals surface area contributed by atoms with Crippen LogP contribution < -0.4 is 5.32 Å². The van der Waals surface area contributed by atoms with E-state index in [9.17, 15) is 0 Å². The number of piperidine rings is 1. The molecule has 0 unspecified atom stereocenters. The van der Waals surface area contributed by atoms with E-state index in [0.29, 0.717) is 0 Å². The molecule has 0 saturated carbocycles. The molecule has 0 aliphatic carbocycles. The summed E-state index contributed by atoms with van der Waals surface area (Å²) in [5, 5.41) is 6.98. The van der Waals surface area contributed by atoms with Crippen LogP contribution in [0.25, 0.3) is 0 Å². The minimum Gasteiger partial charge on any atom is -0.317 e. The molecule has 1 aromatic heterocycles. The molecule has 0 bridgehead atoms. The molecule has 5 heteroatoms. The predicted octanol–water partition coefficient (Wildman–Crippen LogP) is 3.83. The molecular formula is C13H24Cl2N2S. The fourth-order valence-electron chi connectivity index (χ4n) is 2.08. The summed E-state index contributed by atoms with van der Waals surface area (Å²) in [6.07, 6.45) is 3.80. The Bertz CT molecular complexity index is 341. The summed E-state index contributed by atoms with van der Waals surface area (Å²) in [5.74, 6) is 0.847. The summed E-state index contributed by atoms with van der Waals surface area (Å²) in [7, 11) is 0. The van der Waals surface area contributed by atoms with Gasteiger partial charge < -0.3 is 5.32 Å². The largest absolute Gasteiger partial charge is 0.317 e. The molecule has 0 amide bonds. The van der Waals surface area contributed by atoms with Gasteiger partial charge in [0.15, 0.2) is 0 Å². The van der Waals surface area contributed by atoms with E-state index in [1.807, 2.05) is 11.3 Å². The molecule has 0 radical (unpaired) electrons. The van der Waals surface area contributed by atoms with E-state index < -0.39 is 0 Å². The second-order valence-corrected chi connectivity index (χ2v) is 6.72. The van der Waals surface area contributed by atoms with Crippen LogP contribution in [0.1, 0.15) is 44.3 Å². The molecule has 1 aliphatic heterocycles. The summed E-state index contributed by atoms with van der Waals surface area (Å²) in [6, 6.07) is 0. The highest BCUT2D eigenvalue weighted by atomic mass is 35.5. The van der Waals surface area contributed by atoms with Crippen molar-refractivity contribution in [2.75, 3.05) is 13.1 Å². The average Bonchev–Trinajstić information content (AvgIpc) is 2.67. The van der Waals surface area contributed by atoms with Crippen LogP contribution in [0.3, 0.4) is 0 Å². The molecule has 2 nitrogen and oxygen atoms in total. The van der Waals surface area contributed by atoms with Crippen LogP contribution in [0, 0.1) is 5.92 Å². The lowest BCUT2D eigenvalue weighted by atomic mass is 9.93. The lowest BCUT2D eigenvalue weighted by Crippen LogP contribution is -2.28. The van der Waals surface area contributed by atoms with Gasteiger partial charge in [-0.05, 0) is 31.8 Å². The Morgan fingerprint density at radius 1 is 1.28 bits per heavy atom. The fourth-order valence-corrected chi connectivity index (χ4v) is 3.22. The third kappa shape index (κ3) is 5.04. The summed E-state index contributed by atoms with van der Waals surface area (Å²) in [5.41, 5.74) is 1.45. The van der Waals surface area contributed by atoms with Crippen LogP contribution in [0.4, 0.5) is 0 Å². The Balaban J connectivity index is 0.00000144. The highest BCUT2D eigenvalue weighted by Gasteiger charge is 2.19. The third-order valence-corrected chi connectivity index (χ3v) is 4.11. The van der Waals surface area contributed by atoms with Crippen LogP contribution in [-0.2, 0) is 11.8 Å². The Hall–Kier alpha value is 0.170. The van der Waals surface area contributed by atoms with Gasteiger partial charge >= 0.3 is 0 Å². The molecule has 2 heterocycles. The van der Waals surface area contributed by atoms with Gasteiger partial charge in [0.05, 0.1) is 10.7 Å². The first kappa shape index (κ1) is 18.2. The Kier molecular flexibility index (Phi) is 7.76. The van der Waals surface area contributed by atoms with Gasteiger partial charge in [0.25, 0.3) is 0 Å². The topological polar surface area (TPSA) is 24.9 Å². The van der Waals surface area contributed by atoms with Crippen molar-refractivity contribution in [2.45, 2.75) is 45.4 Å². The van der Waals surface area contributed by atoms with Gasteiger partial charge in [-0.25, -0.2) is 4.98 Å². The van der Waals surface area contributed by atoms with Crippen LogP contribution in [0.5, 0.6) is 0 Å². The zero-order valence-corrected chi connectivity index (χ0v) is 13.8. The molecule has 0 atom stereocenters. The van der Waals surface area contributed by atoms with E-state index in [2.05, 4.69) is 31.5 Å². The molecule has 1 fully saturated rings. The molecule has 0 aromatic carbocycles. The first-order chi connectivity index (χ1) is 7.55. The smallest absolute Gasteiger partial charge is 0.0931 e. The van der Waals surface area contributed by atoms with E-state index >= 15 is 0 Å². The van der Waals surface area contributed by atoms with Crippen molar-refractivity contribution < 1.29 is 0 Å². The number of nitrogens with zero attached hydrogens (tertiary/aromatic N) is 1. The van der Waals surface area contributed by atoms with Gasteiger partial charge in [-0.2, -0.15) is 0 Å². The van der Waals surface area contributed by atoms with Crippen molar-refractivity contribution in [3.8, 4) is 0 Å². The zero-order chi connectivity index (χ0) is 11.6. The quantitative estimate of drug-likeness (QED) is 0.898. The third-order valence-electron chi connectivity index (χ3n) is 3.24. The van der Waals surface area contributed by atoms with E-state index in [4.69, 9.17) is 4.98 Å². The van der Waals surface area contributed by atoms with E-state index in [-0.39, 0.29) is 30.2 Å². The maximum atomic E-state index is 4.77. The van der Waals surface area contributed by atoms with Crippen LogP contribution in [0.2, 0.25) is 0 Å². The molecular weight excluding hydrogens is 287 g/mol. The fraction of sp³-hybridized carbons (Fsp3) is 0.769. The Morgan fingerprint density at radius 3 is 2.39 bits per heavy atom. The van der Waals surface area contributed by atoms with Gasteiger partial charge in [-0.3, -0.25) is 0 Å². The lowest BCUT2D eigenvalue weighted by molar-refractivity contribution is 0.372. The minimum atomic E-state index is 0. The number of rotatable bonds is 2. The number of hydrogen-bond acceptors (Lipinski definition) is 3. The molecule has 1 aliphatic rings. The van der Waals surface area contributed by atoms with Gasteiger partial charge in [-0.15, -0.1) is 36.2 Å². The number of hydrogen-bond donors (Lipinski definition) is 1. The molecule has 2 rings (SSSR count). The van der Waals surface area contributed by atoms with Crippen LogP contribution in [0.15, 0.2) is 5.38 Å². The number of thiazole rings is 1. The number of nitrogens with one attached hydrogen (secondary N) is 1. The van der Waals surface area contributed by atoms with E-state index in [1.54, 1.807) is 0 Å². The highest BCUT2D eigenvalue weighted by molar-refractivity contribution is 7.09. The monoisotopic (exact) mass is 310 g/mol. The van der Waals surface area contributed by atoms with Crippen molar-refractivity contribution in [3.05, 3.63) is 16.1 Å². The first-order valence-electron chi connectivity index (χ1n) is 6.21. The van der Waals surface area contributed by atoms with Crippen molar-refractivity contribution >= 4 is 36.2 Å². The normalized spacial score (nSPS) is 16.8. The predicted molar refractivity (Wildman–Crippen MR) is 84.6 cm³/mol. The lowest BCUT2D eigenvalue weighted by Gasteiger charge is -2.21. The SMILES string of the molecule is CC(C)(C)c1csc(CC2CCNCC2)n1.Cl.Cl.